The first-order valence-electron chi connectivity index (χ1n) is 9.47. The minimum Gasteiger partial charge on any atom is -0.454 e. The summed E-state index contributed by atoms with van der Waals surface area (Å²) in [5, 5.41) is 7.25. The Morgan fingerprint density at radius 1 is 1.21 bits per heavy atom. The molecule has 0 saturated carbocycles. The van der Waals surface area contributed by atoms with Gasteiger partial charge in [0.25, 0.3) is 5.91 Å². The van der Waals surface area contributed by atoms with Crippen molar-refractivity contribution in [2.45, 2.75) is 33.2 Å². The fourth-order valence-corrected chi connectivity index (χ4v) is 3.92. The predicted molar refractivity (Wildman–Crippen MR) is 103 cm³/mol. The number of rotatable bonds is 3. The van der Waals surface area contributed by atoms with Crippen LogP contribution in [0.4, 0.5) is 0 Å². The van der Waals surface area contributed by atoms with Gasteiger partial charge in [0.15, 0.2) is 22.9 Å². The van der Waals surface area contributed by atoms with Crippen molar-refractivity contribution in [3.63, 3.8) is 0 Å². The van der Waals surface area contributed by atoms with Crippen LogP contribution in [0.15, 0.2) is 30.6 Å². The van der Waals surface area contributed by atoms with Gasteiger partial charge in [0.05, 0.1) is 17.5 Å². The summed E-state index contributed by atoms with van der Waals surface area (Å²) in [5.74, 6) is 1.17. The van der Waals surface area contributed by atoms with Gasteiger partial charge in [-0.1, -0.05) is 19.9 Å². The van der Waals surface area contributed by atoms with Crippen LogP contribution in [0, 0.1) is 5.41 Å². The molecule has 29 heavy (non-hydrogen) atoms. The van der Waals surface area contributed by atoms with Crippen molar-refractivity contribution in [2.24, 2.45) is 5.41 Å². The number of Topliss-reactive ketones (excluding diaryl/α,β-unsaturated/α-hetero) is 1. The van der Waals surface area contributed by atoms with E-state index in [2.05, 4.69) is 29.2 Å². The molecular formula is C21H20N4O4. The van der Waals surface area contributed by atoms with Gasteiger partial charge in [-0.05, 0) is 29.5 Å². The topological polar surface area (TPSA) is 94.8 Å². The highest BCUT2D eigenvalue weighted by molar-refractivity contribution is 6.01. The highest BCUT2D eigenvalue weighted by atomic mass is 16.7. The normalized spacial score (nSPS) is 16.7. The average molecular weight is 392 g/mol. The van der Waals surface area contributed by atoms with Crippen molar-refractivity contribution >= 4 is 17.3 Å². The van der Waals surface area contributed by atoms with Crippen LogP contribution in [0.3, 0.4) is 0 Å². The van der Waals surface area contributed by atoms with Gasteiger partial charge in [-0.2, -0.15) is 5.10 Å². The molecule has 0 radical (unpaired) electrons. The largest absolute Gasteiger partial charge is 0.454 e. The number of amides is 1. The number of hydrogen-bond donors (Lipinski definition) is 1. The van der Waals surface area contributed by atoms with Crippen molar-refractivity contribution in [3.8, 4) is 11.5 Å². The maximum atomic E-state index is 12.8. The first kappa shape index (κ1) is 17.7. The fourth-order valence-electron chi connectivity index (χ4n) is 3.92. The summed E-state index contributed by atoms with van der Waals surface area (Å²) in [7, 11) is 0. The Bertz CT molecular complexity index is 1160. The van der Waals surface area contributed by atoms with E-state index < -0.39 is 0 Å². The van der Waals surface area contributed by atoms with Crippen LogP contribution in [0.2, 0.25) is 0 Å². The van der Waals surface area contributed by atoms with Crippen molar-refractivity contribution in [1.29, 1.82) is 0 Å². The molecule has 1 aromatic carbocycles. The maximum Gasteiger partial charge on any atom is 0.257 e. The van der Waals surface area contributed by atoms with Gasteiger partial charge in [0.1, 0.15) is 5.56 Å². The first-order valence-corrected chi connectivity index (χ1v) is 9.47. The summed E-state index contributed by atoms with van der Waals surface area (Å²) in [4.78, 5) is 29.6. The van der Waals surface area contributed by atoms with Gasteiger partial charge >= 0.3 is 0 Å². The number of ketones is 1. The molecule has 0 atom stereocenters. The minimum absolute atomic E-state index is 0.0648. The van der Waals surface area contributed by atoms with Crippen molar-refractivity contribution < 1.29 is 19.1 Å². The van der Waals surface area contributed by atoms with Gasteiger partial charge in [-0.3, -0.25) is 9.59 Å². The number of nitrogens with zero attached hydrogens (tertiary/aromatic N) is 3. The van der Waals surface area contributed by atoms with Crippen LogP contribution < -0.4 is 14.8 Å². The quantitative estimate of drug-likeness (QED) is 0.736. The maximum absolute atomic E-state index is 12.8. The molecule has 0 spiro atoms. The van der Waals surface area contributed by atoms with Crippen LogP contribution in [0.1, 0.15) is 52.2 Å². The van der Waals surface area contributed by atoms with Crippen molar-refractivity contribution in [1.82, 2.24) is 19.9 Å². The van der Waals surface area contributed by atoms with Gasteiger partial charge in [-0.15, -0.1) is 0 Å². The zero-order valence-corrected chi connectivity index (χ0v) is 16.2. The fraction of sp³-hybridized carbons (Fsp3) is 0.333. The van der Waals surface area contributed by atoms with E-state index >= 15 is 0 Å². The standard InChI is InChI=1S/C21H20N4O4/c1-21(2)6-15-13(16(26)7-21)9-22-19-14(10-24-25(15)19)20(27)23-8-12-3-4-17-18(5-12)29-11-28-17/h3-5,9-10H,6-8,11H2,1-2H3,(H,23,27). The molecule has 0 bridgehead atoms. The number of aromatic nitrogens is 3. The Morgan fingerprint density at radius 3 is 2.90 bits per heavy atom. The van der Waals surface area contributed by atoms with Crippen LogP contribution in [-0.4, -0.2) is 33.1 Å². The molecule has 8 nitrogen and oxygen atoms in total. The second-order valence-corrected chi connectivity index (χ2v) is 8.22. The third-order valence-electron chi connectivity index (χ3n) is 5.35. The number of carbonyl (C=O) groups is 2. The smallest absolute Gasteiger partial charge is 0.257 e. The number of fused-ring (bicyclic) bond motifs is 4. The number of nitrogens with one attached hydrogen (secondary N) is 1. The molecule has 1 aliphatic heterocycles. The summed E-state index contributed by atoms with van der Waals surface area (Å²) in [6.45, 7) is 4.66. The minimum atomic E-state index is -0.272. The van der Waals surface area contributed by atoms with Crippen LogP contribution in [0.25, 0.3) is 5.65 Å². The second-order valence-electron chi connectivity index (χ2n) is 8.22. The van der Waals surface area contributed by atoms with Gasteiger partial charge in [0.2, 0.25) is 6.79 Å². The zero-order valence-electron chi connectivity index (χ0n) is 16.2. The SMILES string of the molecule is CC1(C)CC(=O)c2cnc3c(C(=O)NCc4ccc5c(c4)OCO5)cnn3c2C1. The van der Waals surface area contributed by atoms with Crippen LogP contribution in [-0.2, 0) is 13.0 Å². The lowest BCUT2D eigenvalue weighted by atomic mass is 9.76. The third kappa shape index (κ3) is 3.00. The van der Waals surface area contributed by atoms with E-state index in [9.17, 15) is 9.59 Å². The number of hydrogen-bond acceptors (Lipinski definition) is 6. The molecule has 1 amide bonds. The van der Waals surface area contributed by atoms with Gasteiger partial charge in [0, 0.05) is 19.2 Å². The molecule has 0 saturated heterocycles. The Morgan fingerprint density at radius 2 is 2.03 bits per heavy atom. The van der Waals surface area contributed by atoms with Crippen LogP contribution in [0.5, 0.6) is 11.5 Å². The molecule has 8 heteroatoms. The van der Waals surface area contributed by atoms with Crippen molar-refractivity contribution in [2.75, 3.05) is 6.79 Å². The third-order valence-corrected chi connectivity index (χ3v) is 5.35. The van der Waals surface area contributed by atoms with E-state index in [4.69, 9.17) is 9.47 Å². The molecule has 1 N–H and O–H groups in total. The number of carbonyl (C=O) groups excluding carboxylic acids is 2. The van der Waals surface area contributed by atoms with E-state index in [1.54, 1.807) is 10.7 Å². The van der Waals surface area contributed by atoms with E-state index in [-0.39, 0.29) is 23.9 Å². The second kappa shape index (κ2) is 6.30. The lowest BCUT2D eigenvalue weighted by Gasteiger charge is -2.29. The molecule has 148 valence electrons. The lowest BCUT2D eigenvalue weighted by Crippen LogP contribution is -2.29. The van der Waals surface area contributed by atoms with Crippen LogP contribution >= 0.6 is 0 Å². The van der Waals surface area contributed by atoms with E-state index in [1.165, 1.54) is 6.20 Å². The Kier molecular flexibility index (Phi) is 3.84. The summed E-state index contributed by atoms with van der Waals surface area (Å²) in [6, 6.07) is 5.55. The summed E-state index contributed by atoms with van der Waals surface area (Å²) in [6.07, 6.45) is 4.26. The average Bonchev–Trinajstić information content (AvgIpc) is 3.31. The molecule has 3 aromatic rings. The molecule has 3 heterocycles. The van der Waals surface area contributed by atoms with E-state index in [0.29, 0.717) is 47.7 Å². The molecule has 1 aliphatic carbocycles. The molecule has 2 aliphatic rings. The van der Waals surface area contributed by atoms with E-state index in [1.807, 2.05) is 18.2 Å². The van der Waals surface area contributed by atoms with Crippen molar-refractivity contribution in [3.05, 3.63) is 53.0 Å². The van der Waals surface area contributed by atoms with Gasteiger partial charge in [-0.25, -0.2) is 9.50 Å². The summed E-state index contributed by atoms with van der Waals surface area (Å²) >= 11 is 0. The summed E-state index contributed by atoms with van der Waals surface area (Å²) < 4.78 is 12.3. The Labute approximate surface area is 166 Å². The zero-order chi connectivity index (χ0) is 20.2. The highest BCUT2D eigenvalue weighted by Gasteiger charge is 2.33. The molecule has 0 unspecified atom stereocenters. The molecular weight excluding hydrogens is 372 g/mol. The highest BCUT2D eigenvalue weighted by Crippen LogP contribution is 2.35. The number of ether oxygens (including phenoxy) is 2. The Hall–Kier alpha value is -3.42. The van der Waals surface area contributed by atoms with E-state index in [0.717, 1.165) is 11.3 Å². The van der Waals surface area contributed by atoms with Gasteiger partial charge < -0.3 is 14.8 Å². The Balaban J connectivity index is 1.41. The molecule has 0 fully saturated rings. The predicted octanol–water partition coefficient (Wildman–Crippen LogP) is 2.54. The molecule has 5 rings (SSSR count). The first-order chi connectivity index (χ1) is 13.9. The summed E-state index contributed by atoms with van der Waals surface area (Å²) in [5.41, 5.74) is 2.99. The molecule has 2 aromatic heterocycles. The number of benzene rings is 1. The lowest BCUT2D eigenvalue weighted by molar-refractivity contribution is 0.0907. The monoisotopic (exact) mass is 392 g/mol.